The van der Waals surface area contributed by atoms with Crippen LogP contribution in [0.2, 0.25) is 0 Å². The number of nitrogens with one attached hydrogen (secondary N) is 3. The van der Waals surface area contributed by atoms with Crippen LogP contribution in [0.15, 0.2) is 24.3 Å². The largest absolute Gasteiger partial charge is 0.340 e. The van der Waals surface area contributed by atoms with Gasteiger partial charge in [-0.3, -0.25) is 14.4 Å². The predicted molar refractivity (Wildman–Crippen MR) is 110 cm³/mol. The number of nitrogens with zero attached hydrogens (tertiary/aromatic N) is 2. The Kier molecular flexibility index (Phi) is 5.84. The summed E-state index contributed by atoms with van der Waals surface area (Å²) in [5, 5.41) is 18.0. The lowest BCUT2D eigenvalue weighted by Crippen LogP contribution is -2.41. The zero-order chi connectivity index (χ0) is 20.2. The molecule has 1 fully saturated rings. The van der Waals surface area contributed by atoms with Gasteiger partial charge in [-0.1, -0.05) is 42.7 Å². The van der Waals surface area contributed by atoms with Gasteiger partial charge in [-0.25, -0.2) is 0 Å². The maximum Gasteiger partial charge on any atom is 0.254 e. The first-order chi connectivity index (χ1) is 14.1. The smallest absolute Gasteiger partial charge is 0.254 e. The van der Waals surface area contributed by atoms with Crippen LogP contribution in [0.1, 0.15) is 66.2 Å². The quantitative estimate of drug-likeness (QED) is 0.697. The molecule has 8 nitrogen and oxygen atoms in total. The zero-order valence-electron chi connectivity index (χ0n) is 15.9. The molecule has 0 radical (unpaired) electrons. The Morgan fingerprint density at radius 1 is 1.14 bits per heavy atom. The number of rotatable bonds is 5. The van der Waals surface area contributed by atoms with E-state index < -0.39 is 6.04 Å². The molecular weight excluding hydrogens is 390 g/mol. The van der Waals surface area contributed by atoms with Crippen molar-refractivity contribution in [2.75, 3.05) is 10.6 Å². The van der Waals surface area contributed by atoms with Crippen molar-refractivity contribution in [1.82, 2.24) is 15.5 Å². The van der Waals surface area contributed by atoms with E-state index in [1.165, 1.54) is 30.6 Å². The first-order valence-electron chi connectivity index (χ1n) is 9.94. The van der Waals surface area contributed by atoms with Crippen molar-refractivity contribution in [1.29, 1.82) is 0 Å². The Morgan fingerprint density at radius 2 is 1.93 bits per heavy atom. The van der Waals surface area contributed by atoms with Crippen LogP contribution >= 0.6 is 11.3 Å². The minimum Gasteiger partial charge on any atom is -0.340 e. The summed E-state index contributed by atoms with van der Waals surface area (Å²) in [5.74, 6) is -0.462. The van der Waals surface area contributed by atoms with Crippen LogP contribution in [-0.2, 0) is 9.59 Å². The topological polar surface area (TPSA) is 113 Å². The van der Waals surface area contributed by atoms with Crippen LogP contribution < -0.4 is 16.0 Å². The number of benzene rings is 1. The molecule has 1 aromatic carbocycles. The Morgan fingerprint density at radius 3 is 2.76 bits per heavy atom. The summed E-state index contributed by atoms with van der Waals surface area (Å²) in [6.45, 7) is 0. The third-order valence-corrected chi connectivity index (χ3v) is 6.35. The lowest BCUT2D eigenvalue weighted by Gasteiger charge is -2.18. The molecule has 0 unspecified atom stereocenters. The molecule has 1 atom stereocenters. The van der Waals surface area contributed by atoms with Gasteiger partial charge in [0.05, 0.1) is 11.3 Å². The number of hydrogen-bond donors (Lipinski definition) is 3. The monoisotopic (exact) mass is 413 g/mol. The van der Waals surface area contributed by atoms with Crippen molar-refractivity contribution in [3.63, 3.8) is 0 Å². The summed E-state index contributed by atoms with van der Waals surface area (Å²) in [7, 11) is 0. The molecule has 0 bridgehead atoms. The van der Waals surface area contributed by atoms with Gasteiger partial charge in [-0.15, -0.1) is 10.2 Å². The van der Waals surface area contributed by atoms with Gasteiger partial charge in [0.15, 0.2) is 0 Å². The molecule has 3 N–H and O–H groups in total. The van der Waals surface area contributed by atoms with E-state index in [0.717, 1.165) is 17.8 Å². The third kappa shape index (κ3) is 4.61. The Labute approximate surface area is 172 Å². The molecular formula is C20H23N5O3S. The lowest BCUT2D eigenvalue weighted by molar-refractivity contribution is -0.118. The van der Waals surface area contributed by atoms with Gasteiger partial charge in [-0.2, -0.15) is 0 Å². The van der Waals surface area contributed by atoms with Crippen molar-refractivity contribution in [3.8, 4) is 0 Å². The summed E-state index contributed by atoms with van der Waals surface area (Å²) in [4.78, 5) is 37.0. The molecule has 29 heavy (non-hydrogen) atoms. The normalized spacial score (nSPS) is 19.7. The summed E-state index contributed by atoms with van der Waals surface area (Å²) < 4.78 is 0. The molecule has 4 rings (SSSR count). The average molecular weight is 414 g/mol. The lowest BCUT2D eigenvalue weighted by atomic mass is 9.90. The highest BCUT2D eigenvalue weighted by Crippen LogP contribution is 2.35. The van der Waals surface area contributed by atoms with Gasteiger partial charge < -0.3 is 16.0 Å². The van der Waals surface area contributed by atoms with Crippen LogP contribution in [0.4, 0.5) is 10.8 Å². The van der Waals surface area contributed by atoms with E-state index in [4.69, 9.17) is 0 Å². The highest BCUT2D eigenvalue weighted by atomic mass is 32.1. The second-order valence-electron chi connectivity index (χ2n) is 7.43. The van der Waals surface area contributed by atoms with Gasteiger partial charge >= 0.3 is 0 Å². The van der Waals surface area contributed by atoms with Crippen LogP contribution in [0.3, 0.4) is 0 Å². The van der Waals surface area contributed by atoms with E-state index in [0.29, 0.717) is 22.3 Å². The predicted octanol–water partition coefficient (Wildman–Crippen LogP) is 3.06. The van der Waals surface area contributed by atoms with Crippen LogP contribution in [0.5, 0.6) is 0 Å². The van der Waals surface area contributed by atoms with E-state index in [1.54, 1.807) is 24.3 Å². The first-order valence-corrected chi connectivity index (χ1v) is 10.8. The van der Waals surface area contributed by atoms with E-state index in [2.05, 4.69) is 26.1 Å². The summed E-state index contributed by atoms with van der Waals surface area (Å²) in [5.41, 5.74) is 0.892. The van der Waals surface area contributed by atoms with E-state index in [-0.39, 0.29) is 30.6 Å². The summed E-state index contributed by atoms with van der Waals surface area (Å²) >= 11 is 1.42. The third-order valence-electron chi connectivity index (χ3n) is 5.35. The Bertz CT molecular complexity index is 922. The van der Waals surface area contributed by atoms with Crippen LogP contribution in [0.25, 0.3) is 0 Å². The minimum absolute atomic E-state index is 0.0903. The highest BCUT2D eigenvalue weighted by molar-refractivity contribution is 7.15. The molecule has 0 spiro atoms. The second-order valence-corrected chi connectivity index (χ2v) is 8.44. The number of hydrogen-bond acceptors (Lipinski definition) is 6. The van der Waals surface area contributed by atoms with E-state index in [1.807, 2.05) is 0 Å². The van der Waals surface area contributed by atoms with Crippen LogP contribution in [-0.4, -0.2) is 34.0 Å². The van der Waals surface area contributed by atoms with Gasteiger partial charge in [0.1, 0.15) is 11.0 Å². The standard InChI is InChI=1S/C20H23N5O3S/c26-16(23-20-25-24-19(29-20)12-6-2-1-3-7-12)11-10-15-18(28)21-14-9-5-4-8-13(14)17(27)22-15/h4-5,8-9,12,15H,1-3,6-7,10-11H2,(H,21,28)(H,22,27)(H,23,25,26)/t15-/m1/s1. The SMILES string of the molecule is O=C(CC[C@H]1NC(=O)c2ccccc2NC1=O)Nc1nnc(C2CCCCC2)s1. The number of anilines is 2. The molecule has 1 aliphatic heterocycles. The zero-order valence-corrected chi connectivity index (χ0v) is 16.8. The molecule has 2 aromatic rings. The van der Waals surface area contributed by atoms with Crippen molar-refractivity contribution < 1.29 is 14.4 Å². The number of aromatic nitrogens is 2. The molecule has 3 amide bonds. The fourth-order valence-electron chi connectivity index (χ4n) is 3.77. The second kappa shape index (κ2) is 8.69. The average Bonchev–Trinajstić information content (AvgIpc) is 3.15. The van der Waals surface area contributed by atoms with Crippen LogP contribution in [0, 0.1) is 0 Å². The minimum atomic E-state index is -0.770. The molecule has 2 aliphatic rings. The van der Waals surface area contributed by atoms with Gasteiger partial charge in [0.2, 0.25) is 16.9 Å². The highest BCUT2D eigenvalue weighted by Gasteiger charge is 2.28. The molecule has 1 saturated carbocycles. The van der Waals surface area contributed by atoms with Crippen molar-refractivity contribution in [2.45, 2.75) is 56.9 Å². The Hall–Kier alpha value is -2.81. The fraction of sp³-hybridized carbons (Fsp3) is 0.450. The number of carbonyl (C=O) groups is 3. The molecule has 9 heteroatoms. The fourth-order valence-corrected chi connectivity index (χ4v) is 4.70. The van der Waals surface area contributed by atoms with Crippen molar-refractivity contribution >= 4 is 39.9 Å². The van der Waals surface area contributed by atoms with Crippen molar-refractivity contribution in [3.05, 3.63) is 34.8 Å². The number of amides is 3. The maximum absolute atomic E-state index is 12.4. The molecule has 152 valence electrons. The number of fused-ring (bicyclic) bond motifs is 1. The Balaban J connectivity index is 1.31. The van der Waals surface area contributed by atoms with E-state index >= 15 is 0 Å². The van der Waals surface area contributed by atoms with Gasteiger partial charge in [0, 0.05) is 12.3 Å². The molecule has 2 heterocycles. The first kappa shape index (κ1) is 19.5. The maximum atomic E-state index is 12.4. The number of para-hydroxylation sites is 1. The number of carbonyl (C=O) groups excluding carboxylic acids is 3. The molecule has 0 saturated heterocycles. The van der Waals surface area contributed by atoms with Gasteiger partial charge in [0.25, 0.3) is 5.91 Å². The molecule has 1 aromatic heterocycles. The van der Waals surface area contributed by atoms with Gasteiger partial charge in [-0.05, 0) is 31.4 Å². The van der Waals surface area contributed by atoms with E-state index in [9.17, 15) is 14.4 Å². The summed E-state index contributed by atoms with van der Waals surface area (Å²) in [6, 6.07) is 6.06. The van der Waals surface area contributed by atoms with Crippen molar-refractivity contribution in [2.24, 2.45) is 0 Å². The molecule has 1 aliphatic carbocycles. The summed E-state index contributed by atoms with van der Waals surface area (Å²) in [6.07, 6.45) is 6.24.